The van der Waals surface area contributed by atoms with Gasteiger partial charge in [0.2, 0.25) is 5.91 Å². The van der Waals surface area contributed by atoms with Crippen LogP contribution in [0.4, 0.5) is 0 Å². The molecule has 4 atom stereocenters. The predicted molar refractivity (Wildman–Crippen MR) is 152 cm³/mol. The normalized spacial score (nSPS) is 29.7. The number of nitrogens with zero attached hydrogens (tertiary/aromatic N) is 1. The van der Waals surface area contributed by atoms with Crippen LogP contribution < -0.4 is 0 Å². The fourth-order valence-corrected chi connectivity index (χ4v) is 7.97. The number of ether oxygens (including phenoxy) is 1. The average molecular weight is 516 g/mol. The van der Waals surface area contributed by atoms with Crippen LogP contribution in [0.3, 0.4) is 0 Å². The third-order valence-electron chi connectivity index (χ3n) is 10.4. The number of carbonyl (C=O) groups excluding carboxylic acids is 2. The summed E-state index contributed by atoms with van der Waals surface area (Å²) in [5.74, 6) is 2.61. The number of benzene rings is 2. The first kappa shape index (κ1) is 27.0. The fraction of sp³-hybridized carbons (Fsp3) is 0.588. The largest absolute Gasteiger partial charge is 0.462 e. The number of hydrogen-bond donors (Lipinski definition) is 0. The molecule has 0 aromatic heterocycles. The lowest BCUT2D eigenvalue weighted by atomic mass is 9.44. The Bertz CT molecular complexity index is 1100. The number of hydrogen-bond acceptors (Lipinski definition) is 3. The topological polar surface area (TPSA) is 46.6 Å². The van der Waals surface area contributed by atoms with E-state index in [-0.39, 0.29) is 5.97 Å². The van der Waals surface area contributed by atoms with Gasteiger partial charge in [-0.1, -0.05) is 63.2 Å². The van der Waals surface area contributed by atoms with Crippen LogP contribution in [0.15, 0.2) is 54.6 Å². The minimum absolute atomic E-state index is 0.254. The highest BCUT2D eigenvalue weighted by molar-refractivity contribution is 5.89. The Labute approximate surface area is 229 Å². The van der Waals surface area contributed by atoms with Gasteiger partial charge in [0.25, 0.3) is 0 Å². The monoisotopic (exact) mass is 515 g/mol. The minimum atomic E-state index is -0.254. The lowest BCUT2D eigenvalue weighted by Crippen LogP contribution is -2.63. The van der Waals surface area contributed by atoms with Crippen LogP contribution in [0.5, 0.6) is 0 Å². The summed E-state index contributed by atoms with van der Waals surface area (Å²) in [4.78, 5) is 28.4. The van der Waals surface area contributed by atoms with Crippen molar-refractivity contribution in [3.8, 4) is 0 Å². The van der Waals surface area contributed by atoms with Gasteiger partial charge in [0.1, 0.15) is 0 Å². The summed E-state index contributed by atoms with van der Waals surface area (Å²) in [7, 11) is 0. The fourth-order valence-electron chi connectivity index (χ4n) is 7.97. The van der Waals surface area contributed by atoms with Crippen molar-refractivity contribution in [2.75, 3.05) is 6.61 Å². The van der Waals surface area contributed by atoms with Gasteiger partial charge in [-0.2, -0.15) is 0 Å². The summed E-state index contributed by atoms with van der Waals surface area (Å²) >= 11 is 0. The van der Waals surface area contributed by atoms with E-state index in [0.717, 1.165) is 50.4 Å². The minimum Gasteiger partial charge on any atom is -0.462 e. The maximum absolute atomic E-state index is 13.9. The molecule has 4 aliphatic rings. The molecule has 204 valence electrons. The van der Waals surface area contributed by atoms with E-state index in [2.05, 4.69) is 62.1 Å². The third-order valence-corrected chi connectivity index (χ3v) is 10.4. The first-order valence-corrected chi connectivity index (χ1v) is 14.9. The van der Waals surface area contributed by atoms with Crippen molar-refractivity contribution in [2.24, 2.45) is 23.2 Å². The van der Waals surface area contributed by atoms with Crippen molar-refractivity contribution in [3.05, 3.63) is 71.3 Å². The van der Waals surface area contributed by atoms with E-state index in [0.29, 0.717) is 53.8 Å². The molecule has 4 aliphatic carbocycles. The van der Waals surface area contributed by atoms with Crippen molar-refractivity contribution < 1.29 is 14.3 Å². The summed E-state index contributed by atoms with van der Waals surface area (Å²) in [6, 6.07) is 19.1. The molecule has 0 saturated heterocycles. The Balaban J connectivity index is 1.27. The highest BCUT2D eigenvalue weighted by Gasteiger charge is 2.58. The maximum atomic E-state index is 13.9. The summed E-state index contributed by atoms with van der Waals surface area (Å²) in [5.41, 5.74) is 3.58. The van der Waals surface area contributed by atoms with E-state index >= 15 is 0 Å². The van der Waals surface area contributed by atoms with Crippen LogP contribution >= 0.6 is 0 Å². The van der Waals surface area contributed by atoms with E-state index < -0.39 is 0 Å². The van der Waals surface area contributed by atoms with Gasteiger partial charge in [-0.25, -0.2) is 4.79 Å². The van der Waals surface area contributed by atoms with Gasteiger partial charge in [0, 0.05) is 18.5 Å². The molecule has 0 unspecified atom stereocenters. The van der Waals surface area contributed by atoms with Gasteiger partial charge in [-0.05, 0) is 104 Å². The first-order chi connectivity index (χ1) is 18.3. The van der Waals surface area contributed by atoms with Crippen LogP contribution in [0.1, 0.15) is 100 Å². The highest BCUT2D eigenvalue weighted by atomic mass is 16.5. The van der Waals surface area contributed by atoms with Crippen molar-refractivity contribution >= 4 is 11.9 Å². The SMILES string of the molecule is CCOC(=O)c1ccc(C2CCC(N(C(=O)CCc3ccccc3)[C@H]3C[C@H]4C[C@@H]([C@@H]3C)C4(C)C)CC2)cc1. The number of esters is 1. The zero-order chi connectivity index (χ0) is 26.9. The van der Waals surface area contributed by atoms with Gasteiger partial charge in [-0.3, -0.25) is 4.79 Å². The average Bonchev–Trinajstić information content (AvgIpc) is 2.94. The molecule has 1 amide bonds. The van der Waals surface area contributed by atoms with Crippen LogP contribution in [-0.2, 0) is 16.0 Å². The highest BCUT2D eigenvalue weighted by Crippen LogP contribution is 2.62. The summed E-state index contributed by atoms with van der Waals surface area (Å²) < 4.78 is 5.14. The molecule has 0 heterocycles. The standard InChI is InChI=1S/C34H45NO3/c1-5-38-33(37)27-14-12-25(13-15-27)26-16-18-29(19-17-26)35(32(36)20-11-24-9-7-6-8-10-24)31-22-28-21-30(23(31)2)34(28,3)4/h6-10,12-15,23,26,28-31H,5,11,16-22H2,1-4H3/t23-,26?,28+,29?,30-,31-/m0/s1. The van der Waals surface area contributed by atoms with Crippen molar-refractivity contribution in [1.82, 2.24) is 4.90 Å². The Hall–Kier alpha value is -2.62. The zero-order valence-corrected chi connectivity index (χ0v) is 23.7. The van der Waals surface area contributed by atoms with Gasteiger partial charge in [-0.15, -0.1) is 0 Å². The van der Waals surface area contributed by atoms with Crippen LogP contribution in [-0.4, -0.2) is 35.5 Å². The van der Waals surface area contributed by atoms with Crippen molar-refractivity contribution in [2.45, 2.75) is 97.1 Å². The van der Waals surface area contributed by atoms with E-state index in [9.17, 15) is 9.59 Å². The second-order valence-electron chi connectivity index (χ2n) is 12.7. The van der Waals surface area contributed by atoms with Crippen molar-refractivity contribution in [3.63, 3.8) is 0 Å². The molecule has 4 fully saturated rings. The summed E-state index contributed by atoms with van der Waals surface area (Å²) in [6.45, 7) is 9.53. The molecule has 0 N–H and O–H groups in total. The summed E-state index contributed by atoms with van der Waals surface area (Å²) in [6.07, 6.45) is 8.21. The molecule has 4 heteroatoms. The second kappa shape index (κ2) is 11.2. The van der Waals surface area contributed by atoms with Crippen LogP contribution in [0.2, 0.25) is 0 Å². The Morgan fingerprint density at radius 3 is 2.24 bits per heavy atom. The number of fused-ring (bicyclic) bond motifs is 2. The van der Waals surface area contributed by atoms with E-state index in [1.54, 1.807) is 0 Å². The van der Waals surface area contributed by atoms with Gasteiger partial charge < -0.3 is 9.64 Å². The van der Waals surface area contributed by atoms with Crippen LogP contribution in [0.25, 0.3) is 0 Å². The molecule has 0 spiro atoms. The van der Waals surface area contributed by atoms with Gasteiger partial charge >= 0.3 is 5.97 Å². The molecule has 0 aliphatic heterocycles. The smallest absolute Gasteiger partial charge is 0.338 e. The predicted octanol–water partition coefficient (Wildman–Crippen LogP) is 7.42. The Morgan fingerprint density at radius 1 is 0.947 bits per heavy atom. The first-order valence-electron chi connectivity index (χ1n) is 14.9. The third kappa shape index (κ3) is 5.28. The lowest BCUT2D eigenvalue weighted by Gasteiger charge is -2.64. The van der Waals surface area contributed by atoms with Crippen molar-refractivity contribution in [1.29, 1.82) is 0 Å². The van der Waals surface area contributed by atoms with Gasteiger partial charge in [0.15, 0.2) is 0 Å². The van der Waals surface area contributed by atoms with Crippen LogP contribution in [0, 0.1) is 23.2 Å². The van der Waals surface area contributed by atoms with E-state index in [4.69, 9.17) is 4.74 Å². The number of carbonyl (C=O) groups is 2. The molecule has 2 aromatic carbocycles. The maximum Gasteiger partial charge on any atom is 0.338 e. The number of aryl methyl sites for hydroxylation is 1. The zero-order valence-electron chi connectivity index (χ0n) is 23.7. The molecular formula is C34H45NO3. The molecule has 2 aromatic rings. The van der Waals surface area contributed by atoms with Gasteiger partial charge in [0.05, 0.1) is 12.2 Å². The molecule has 2 bridgehead atoms. The Kier molecular flexibility index (Phi) is 7.98. The van der Waals surface area contributed by atoms with E-state index in [1.807, 2.05) is 25.1 Å². The quantitative estimate of drug-likeness (QED) is 0.344. The molecular weight excluding hydrogens is 470 g/mol. The number of amides is 1. The molecule has 38 heavy (non-hydrogen) atoms. The molecule has 6 rings (SSSR count). The Morgan fingerprint density at radius 2 is 1.63 bits per heavy atom. The molecule has 0 radical (unpaired) electrons. The second-order valence-corrected chi connectivity index (χ2v) is 12.7. The molecule has 4 saturated carbocycles. The lowest BCUT2D eigenvalue weighted by molar-refractivity contribution is -0.164. The van der Waals surface area contributed by atoms with E-state index in [1.165, 1.54) is 17.5 Å². The summed E-state index contributed by atoms with van der Waals surface area (Å²) in [5, 5.41) is 0. The number of rotatable bonds is 8. The molecule has 4 nitrogen and oxygen atoms in total.